The number of methoxy groups -OCH3 is 2. The van der Waals surface area contributed by atoms with Gasteiger partial charge in [0.1, 0.15) is 11.5 Å². The Balaban J connectivity index is 0.00000612. The van der Waals surface area contributed by atoms with Crippen LogP contribution in [-0.2, 0) is 27.0 Å². The Bertz CT molecular complexity index is 847. The van der Waals surface area contributed by atoms with E-state index in [9.17, 15) is 4.79 Å². The van der Waals surface area contributed by atoms with Gasteiger partial charge in [0.25, 0.3) is 0 Å². The predicted molar refractivity (Wildman–Crippen MR) is 149 cm³/mol. The molecule has 36 heavy (non-hydrogen) atoms. The number of nitrogens with two attached hydrogens (primary N) is 1. The molecule has 1 unspecified atom stereocenters. The molecule has 0 aliphatic carbocycles. The van der Waals surface area contributed by atoms with Gasteiger partial charge in [-0.15, -0.1) is 0 Å². The number of carbonyl (C=O) groups is 1. The molecule has 1 atom stereocenters. The first-order chi connectivity index (χ1) is 16.1. The molecule has 10 heteroatoms. The number of carbonyl (C=O) groups excluding carboxylic acids is 1. The Morgan fingerprint density at radius 3 is 1.69 bits per heavy atom. The van der Waals surface area contributed by atoms with E-state index in [0.29, 0.717) is 26.2 Å². The summed E-state index contributed by atoms with van der Waals surface area (Å²) in [6.07, 6.45) is 0.114. The average Bonchev–Trinajstić information content (AvgIpc) is 2.79. The molecule has 0 radical (unpaired) electrons. The predicted octanol–water partition coefficient (Wildman–Crippen LogP) is -0.239. The van der Waals surface area contributed by atoms with Crippen LogP contribution in [0.2, 0.25) is 19.6 Å². The summed E-state index contributed by atoms with van der Waals surface area (Å²) in [6, 6.07) is 16.0. The van der Waals surface area contributed by atoms with Gasteiger partial charge in [-0.1, -0.05) is 32.7 Å². The largest absolute Gasteiger partial charge is 1.00 e. The second kappa shape index (κ2) is 16.5. The Morgan fingerprint density at radius 2 is 1.36 bits per heavy atom. The van der Waals surface area contributed by atoms with Crippen molar-refractivity contribution in [3.05, 3.63) is 59.7 Å². The van der Waals surface area contributed by atoms with Crippen LogP contribution in [0.3, 0.4) is 0 Å². The average molecular weight is 527 g/mol. The summed E-state index contributed by atoms with van der Waals surface area (Å²) in [5.74, 6) is 1.33. The van der Waals surface area contributed by atoms with E-state index in [1.807, 2.05) is 24.3 Å². The minimum atomic E-state index is -2.03. The zero-order chi connectivity index (χ0) is 25.2. The van der Waals surface area contributed by atoms with Crippen molar-refractivity contribution in [2.45, 2.75) is 51.7 Å². The van der Waals surface area contributed by atoms with Gasteiger partial charge in [-0.2, -0.15) is 0 Å². The van der Waals surface area contributed by atoms with Crippen molar-refractivity contribution in [1.29, 1.82) is 0 Å². The molecule has 0 aliphatic heterocycles. The van der Waals surface area contributed by atoms with Gasteiger partial charge in [-0.25, -0.2) is 0 Å². The molecule has 7 nitrogen and oxygen atoms in total. The molecule has 2 aromatic carbocycles. The van der Waals surface area contributed by atoms with Crippen molar-refractivity contribution in [2.24, 2.45) is 5.73 Å². The Hall–Kier alpha value is -1.33. The maximum Gasteiger partial charge on any atom is 1.00 e. The molecular formula is C26H44BN2NaO5Si. The van der Waals surface area contributed by atoms with E-state index in [4.69, 9.17) is 24.4 Å². The van der Waals surface area contributed by atoms with Crippen LogP contribution in [0.4, 0.5) is 0 Å². The van der Waals surface area contributed by atoms with Gasteiger partial charge < -0.3 is 24.4 Å². The van der Waals surface area contributed by atoms with Gasteiger partial charge in [0.05, 0.1) is 32.8 Å². The summed E-state index contributed by atoms with van der Waals surface area (Å²) in [4.78, 5) is 14.8. The van der Waals surface area contributed by atoms with Crippen molar-refractivity contribution in [3.63, 3.8) is 0 Å². The number of nitrogens with zero attached hydrogens (tertiary/aromatic N) is 1. The minimum absolute atomic E-state index is 0. The zero-order valence-electron chi connectivity index (χ0n) is 22.4. The van der Waals surface area contributed by atoms with Crippen LogP contribution in [0.1, 0.15) is 24.5 Å². The van der Waals surface area contributed by atoms with Gasteiger partial charge in [0.15, 0.2) is 8.32 Å². The fraction of sp³-hybridized carbons (Fsp3) is 0.500. The Morgan fingerprint density at radius 1 is 0.917 bits per heavy atom. The van der Waals surface area contributed by atoms with Crippen LogP contribution >= 0.6 is 0 Å². The van der Waals surface area contributed by atoms with Crippen LogP contribution in [-0.4, -0.2) is 67.1 Å². The minimum Gasteiger partial charge on any atom is -0.497 e. The van der Waals surface area contributed by atoms with Crippen molar-refractivity contribution in [3.8, 4) is 11.5 Å². The topological polar surface area (TPSA) is 83.3 Å². The summed E-state index contributed by atoms with van der Waals surface area (Å²) in [6.45, 7) is 10.5. The second-order valence-corrected chi connectivity index (χ2v) is 13.9. The molecule has 0 spiro atoms. The number of hydrogen-bond donors (Lipinski definition) is 1. The van der Waals surface area contributed by atoms with Gasteiger partial charge in [-0.3, -0.25) is 9.69 Å². The number of esters is 1. The van der Waals surface area contributed by atoms with Gasteiger partial charge in [0, 0.05) is 26.2 Å². The quantitative estimate of drug-likeness (QED) is 0.269. The van der Waals surface area contributed by atoms with E-state index >= 15 is 0 Å². The molecule has 2 N–H and O–H groups in total. The molecule has 0 amide bonds. The molecule has 0 aromatic heterocycles. The van der Waals surface area contributed by atoms with Crippen LogP contribution in [0, 0.1) is 0 Å². The number of benzene rings is 2. The summed E-state index contributed by atoms with van der Waals surface area (Å²) in [5, 5.41) is 0. The van der Waals surface area contributed by atoms with Crippen molar-refractivity contribution < 1.29 is 53.0 Å². The normalized spacial score (nSPS) is 12.7. The molecule has 0 fully saturated rings. The molecule has 0 bridgehead atoms. The standard InChI is InChI=1S/C26H40N2O5Si.BH4.Na/c1-7-32-25(29)16-26(19-27,33-34(4,5)6)20-28(17-21-8-12-23(30-2)13-9-21)18-22-10-14-24(31-3)15-11-22;;/h8-15H,7,16-20,27H2,1-6H3;1H4;/q;-1;+1. The Kier molecular flexibility index (Phi) is 15.9. The van der Waals surface area contributed by atoms with Crippen LogP contribution in [0.25, 0.3) is 0 Å². The number of rotatable bonds is 14. The van der Waals surface area contributed by atoms with Crippen LogP contribution < -0.4 is 44.8 Å². The van der Waals surface area contributed by atoms with E-state index < -0.39 is 13.9 Å². The van der Waals surface area contributed by atoms with Crippen molar-refractivity contribution >= 4 is 22.7 Å². The molecular weight excluding hydrogens is 482 g/mol. The van der Waals surface area contributed by atoms with Gasteiger partial charge in [0.2, 0.25) is 0 Å². The van der Waals surface area contributed by atoms with Crippen molar-refractivity contribution in [1.82, 2.24) is 4.90 Å². The van der Waals surface area contributed by atoms with E-state index in [1.165, 1.54) is 0 Å². The molecule has 0 saturated carbocycles. The third-order valence-corrected chi connectivity index (χ3v) is 6.35. The smallest absolute Gasteiger partial charge is 0.497 e. The summed E-state index contributed by atoms with van der Waals surface area (Å²) >= 11 is 0. The van der Waals surface area contributed by atoms with E-state index in [0.717, 1.165) is 22.6 Å². The maximum atomic E-state index is 12.6. The molecule has 196 valence electrons. The molecule has 2 aromatic rings. The number of ether oxygens (including phenoxy) is 3. The van der Waals surface area contributed by atoms with E-state index in [2.05, 4.69) is 48.8 Å². The van der Waals surface area contributed by atoms with Gasteiger partial charge in [-0.05, 0) is 62.0 Å². The maximum absolute atomic E-state index is 12.6. The van der Waals surface area contributed by atoms with E-state index in [1.54, 1.807) is 21.1 Å². The second-order valence-electron chi connectivity index (χ2n) is 9.42. The van der Waals surface area contributed by atoms with Crippen LogP contribution in [0.5, 0.6) is 11.5 Å². The molecule has 2 rings (SSSR count). The zero-order valence-corrected chi connectivity index (χ0v) is 25.4. The first-order valence-corrected chi connectivity index (χ1v) is 15.1. The monoisotopic (exact) mass is 526 g/mol. The molecule has 0 saturated heterocycles. The summed E-state index contributed by atoms with van der Waals surface area (Å²) < 4.78 is 22.5. The SMILES string of the molecule is CCOC(=O)CC(CN)(CN(Cc1ccc(OC)cc1)Cc1ccc(OC)cc1)O[Si](C)(C)C.[BH4-].[Na+]. The fourth-order valence-corrected chi connectivity index (χ4v) is 5.50. The third-order valence-electron chi connectivity index (χ3n) is 5.31. The number of hydrogen-bond acceptors (Lipinski definition) is 7. The summed E-state index contributed by atoms with van der Waals surface area (Å²) in [5.41, 5.74) is 7.72. The molecule has 0 heterocycles. The van der Waals surface area contributed by atoms with Gasteiger partial charge >= 0.3 is 35.5 Å². The Labute approximate surface area is 242 Å². The summed E-state index contributed by atoms with van der Waals surface area (Å²) in [7, 11) is 1.29. The first kappa shape index (κ1) is 34.7. The van der Waals surface area contributed by atoms with E-state index in [-0.39, 0.29) is 56.9 Å². The van der Waals surface area contributed by atoms with Crippen molar-refractivity contribution in [2.75, 3.05) is 33.9 Å². The third kappa shape index (κ3) is 11.8. The fourth-order valence-electron chi connectivity index (χ4n) is 3.98. The van der Waals surface area contributed by atoms with Crippen LogP contribution in [0.15, 0.2) is 48.5 Å². The first-order valence-electron chi connectivity index (χ1n) is 11.7. The molecule has 0 aliphatic rings.